The lowest BCUT2D eigenvalue weighted by atomic mass is 9.68. The van der Waals surface area contributed by atoms with Gasteiger partial charge in [-0.15, -0.1) is 0 Å². The van der Waals surface area contributed by atoms with Crippen molar-refractivity contribution in [2.45, 2.75) is 45.2 Å². The summed E-state index contributed by atoms with van der Waals surface area (Å²) in [4.78, 5) is 45.9. The molecule has 4 unspecified atom stereocenters. The number of urea groups is 1. The number of para-hydroxylation sites is 2. The molecular formula is C36H34ClN3O3. The first-order chi connectivity index (χ1) is 20.7. The number of likely N-dealkylation sites (tertiary alicyclic amines) is 1. The predicted octanol–water partition coefficient (Wildman–Crippen LogP) is 7.96. The lowest BCUT2D eigenvalue weighted by Gasteiger charge is -2.40. The number of anilines is 2. The van der Waals surface area contributed by atoms with Crippen molar-refractivity contribution in [3.63, 3.8) is 0 Å². The molecule has 2 aliphatic heterocycles. The van der Waals surface area contributed by atoms with Gasteiger partial charge >= 0.3 is 6.03 Å². The standard InChI is InChI=1S/C36H34ClN3O3/c1-21(2)32-29(24-17-19-26(37)20-18-24)30(33(41)25-13-6-5-7-14-25)36(27-15-8-9-16-28(27)38-34(36)42)40(32)35(43)39-31-22(3)11-10-12-23(31)4/h5-21,29-30,32H,1-4H3,(H,38,42)(H,39,43). The molecule has 4 atom stereocenters. The number of aryl methyl sites for hydroxylation is 2. The molecule has 2 aliphatic rings. The van der Waals surface area contributed by atoms with Crippen LogP contribution in [0.15, 0.2) is 97.1 Å². The SMILES string of the molecule is Cc1cccc(C)c1NC(=O)N1C(C(C)C)C(c2ccc(Cl)cc2)C(C(=O)c2ccccc2)C12C(=O)Nc1ccccc12. The van der Waals surface area contributed by atoms with E-state index in [2.05, 4.69) is 10.6 Å². The van der Waals surface area contributed by atoms with E-state index < -0.39 is 29.4 Å². The van der Waals surface area contributed by atoms with Gasteiger partial charge in [0.2, 0.25) is 0 Å². The molecule has 4 aromatic rings. The molecule has 7 heteroatoms. The number of ketones is 1. The quantitative estimate of drug-likeness (QED) is 0.231. The van der Waals surface area contributed by atoms with E-state index in [1.807, 2.05) is 100 Å². The van der Waals surface area contributed by atoms with Gasteiger partial charge < -0.3 is 15.5 Å². The monoisotopic (exact) mass is 591 g/mol. The maximum absolute atomic E-state index is 14.9. The van der Waals surface area contributed by atoms with Crippen LogP contribution in [0.3, 0.4) is 0 Å². The summed E-state index contributed by atoms with van der Waals surface area (Å²) in [5.74, 6) is -2.13. The number of rotatable bonds is 5. The topological polar surface area (TPSA) is 78.5 Å². The predicted molar refractivity (Wildman–Crippen MR) is 171 cm³/mol. The fourth-order valence-electron chi connectivity index (χ4n) is 7.21. The molecule has 3 amide bonds. The van der Waals surface area contributed by atoms with E-state index in [4.69, 9.17) is 11.6 Å². The molecule has 2 heterocycles. The van der Waals surface area contributed by atoms with E-state index in [0.29, 0.717) is 27.5 Å². The van der Waals surface area contributed by atoms with Gasteiger partial charge in [0.1, 0.15) is 0 Å². The molecule has 0 saturated carbocycles. The number of fused-ring (bicyclic) bond motifs is 2. The van der Waals surface area contributed by atoms with Gasteiger partial charge in [-0.2, -0.15) is 0 Å². The Morgan fingerprint density at radius 1 is 0.860 bits per heavy atom. The zero-order valence-corrected chi connectivity index (χ0v) is 25.4. The van der Waals surface area contributed by atoms with Gasteiger partial charge in [0.05, 0.1) is 5.92 Å². The Labute approximate surface area is 257 Å². The second kappa shape index (κ2) is 11.0. The molecule has 6 rings (SSSR count). The number of nitrogens with zero attached hydrogens (tertiary/aromatic N) is 1. The summed E-state index contributed by atoms with van der Waals surface area (Å²) in [5.41, 5.74) is 3.45. The van der Waals surface area contributed by atoms with Crippen molar-refractivity contribution in [1.82, 2.24) is 4.90 Å². The van der Waals surface area contributed by atoms with Crippen molar-refractivity contribution in [3.05, 3.63) is 130 Å². The van der Waals surface area contributed by atoms with E-state index in [1.165, 1.54) is 0 Å². The highest BCUT2D eigenvalue weighted by Gasteiger charge is 2.70. The number of hydrogen-bond acceptors (Lipinski definition) is 3. The first-order valence-corrected chi connectivity index (χ1v) is 15.0. The van der Waals surface area contributed by atoms with Gasteiger partial charge in [0.25, 0.3) is 5.91 Å². The molecule has 0 aromatic heterocycles. The lowest BCUT2D eigenvalue weighted by Crippen LogP contribution is -2.58. The minimum absolute atomic E-state index is 0.115. The van der Waals surface area contributed by atoms with Crippen LogP contribution in [-0.4, -0.2) is 28.7 Å². The van der Waals surface area contributed by atoms with Gasteiger partial charge in [0, 0.05) is 39.5 Å². The van der Waals surface area contributed by atoms with Crippen molar-refractivity contribution in [3.8, 4) is 0 Å². The third-order valence-corrected chi connectivity index (χ3v) is 9.25. The maximum Gasteiger partial charge on any atom is 0.323 e. The molecule has 0 radical (unpaired) electrons. The van der Waals surface area contributed by atoms with Gasteiger partial charge in [-0.25, -0.2) is 4.79 Å². The Hall–Kier alpha value is -4.42. The highest BCUT2D eigenvalue weighted by Crippen LogP contribution is 2.60. The molecule has 0 aliphatic carbocycles. The minimum atomic E-state index is -1.61. The van der Waals surface area contributed by atoms with E-state index in [1.54, 1.807) is 29.2 Å². The lowest BCUT2D eigenvalue weighted by molar-refractivity contribution is -0.126. The average molecular weight is 592 g/mol. The van der Waals surface area contributed by atoms with Crippen molar-refractivity contribution < 1.29 is 14.4 Å². The molecule has 1 fully saturated rings. The van der Waals surface area contributed by atoms with Crippen LogP contribution in [0.1, 0.15) is 52.4 Å². The van der Waals surface area contributed by atoms with Crippen LogP contribution in [0, 0.1) is 25.7 Å². The van der Waals surface area contributed by atoms with Crippen molar-refractivity contribution in [2.24, 2.45) is 11.8 Å². The summed E-state index contributed by atoms with van der Waals surface area (Å²) in [6, 6.07) is 28.7. The first kappa shape index (κ1) is 28.7. The number of benzene rings is 4. The summed E-state index contributed by atoms with van der Waals surface area (Å²) < 4.78 is 0. The van der Waals surface area contributed by atoms with Gasteiger partial charge in [-0.05, 0) is 54.7 Å². The van der Waals surface area contributed by atoms with E-state index in [9.17, 15) is 14.4 Å². The molecule has 6 nitrogen and oxygen atoms in total. The van der Waals surface area contributed by atoms with Crippen LogP contribution in [0.5, 0.6) is 0 Å². The summed E-state index contributed by atoms with van der Waals surface area (Å²) in [6.07, 6.45) is 0. The molecule has 218 valence electrons. The molecule has 2 N–H and O–H groups in total. The molecule has 1 saturated heterocycles. The Morgan fingerprint density at radius 2 is 1.49 bits per heavy atom. The molecule has 1 spiro atoms. The largest absolute Gasteiger partial charge is 0.323 e. The Morgan fingerprint density at radius 3 is 2.14 bits per heavy atom. The fraction of sp³-hybridized carbons (Fsp3) is 0.250. The Bertz CT molecular complexity index is 1700. The van der Waals surface area contributed by atoms with Gasteiger partial charge in [-0.1, -0.05) is 104 Å². The molecule has 4 aromatic carbocycles. The van der Waals surface area contributed by atoms with Crippen molar-refractivity contribution in [2.75, 3.05) is 10.6 Å². The van der Waals surface area contributed by atoms with Gasteiger partial charge in [-0.3, -0.25) is 9.59 Å². The normalized spacial score (nSPS) is 22.5. The molecule has 0 bridgehead atoms. The van der Waals surface area contributed by atoms with Crippen LogP contribution in [0.4, 0.5) is 16.2 Å². The summed E-state index contributed by atoms with van der Waals surface area (Å²) >= 11 is 6.32. The number of carbonyl (C=O) groups is 3. The van der Waals surface area contributed by atoms with Crippen LogP contribution in [0.2, 0.25) is 5.02 Å². The molecule has 43 heavy (non-hydrogen) atoms. The van der Waals surface area contributed by atoms with Crippen molar-refractivity contribution in [1.29, 1.82) is 0 Å². The van der Waals surface area contributed by atoms with Crippen LogP contribution < -0.4 is 10.6 Å². The third kappa shape index (κ3) is 4.52. The summed E-state index contributed by atoms with van der Waals surface area (Å²) in [6.45, 7) is 7.96. The number of nitrogens with one attached hydrogen (secondary N) is 2. The zero-order valence-electron chi connectivity index (χ0n) is 24.6. The summed E-state index contributed by atoms with van der Waals surface area (Å²) in [5, 5.41) is 6.77. The average Bonchev–Trinajstić information content (AvgIpc) is 3.48. The second-order valence-electron chi connectivity index (χ2n) is 11.9. The van der Waals surface area contributed by atoms with E-state index in [0.717, 1.165) is 16.7 Å². The Balaban J connectivity index is 1.66. The number of Topliss-reactive ketones (excluding diaryl/α,β-unsaturated/α-hetero) is 1. The number of halogens is 1. The third-order valence-electron chi connectivity index (χ3n) is 9.00. The highest BCUT2D eigenvalue weighted by molar-refractivity contribution is 6.30. The summed E-state index contributed by atoms with van der Waals surface area (Å²) in [7, 11) is 0. The highest BCUT2D eigenvalue weighted by atomic mass is 35.5. The van der Waals surface area contributed by atoms with Crippen LogP contribution in [0.25, 0.3) is 0 Å². The first-order valence-electron chi connectivity index (χ1n) is 14.6. The smallest absolute Gasteiger partial charge is 0.323 e. The van der Waals surface area contributed by atoms with E-state index >= 15 is 0 Å². The fourth-order valence-corrected chi connectivity index (χ4v) is 7.34. The van der Waals surface area contributed by atoms with Gasteiger partial charge in [0.15, 0.2) is 11.3 Å². The molecular weight excluding hydrogens is 558 g/mol. The number of hydrogen-bond donors (Lipinski definition) is 2. The zero-order chi connectivity index (χ0) is 30.5. The van der Waals surface area contributed by atoms with E-state index in [-0.39, 0.29) is 17.6 Å². The van der Waals surface area contributed by atoms with Crippen LogP contribution in [-0.2, 0) is 10.3 Å². The minimum Gasteiger partial charge on any atom is -0.323 e. The van der Waals surface area contributed by atoms with Crippen LogP contribution >= 0.6 is 11.6 Å². The maximum atomic E-state index is 14.9. The Kier molecular flexibility index (Phi) is 7.35. The second-order valence-corrected chi connectivity index (χ2v) is 12.3. The van der Waals surface area contributed by atoms with Crippen molar-refractivity contribution >= 4 is 40.7 Å². The number of amides is 3. The number of carbonyl (C=O) groups excluding carboxylic acids is 3.